The zero-order valence-electron chi connectivity index (χ0n) is 10.3. The molecule has 0 radical (unpaired) electrons. The van der Waals surface area contributed by atoms with Crippen LogP contribution in [-0.2, 0) is 0 Å². The summed E-state index contributed by atoms with van der Waals surface area (Å²) in [7, 11) is 0. The Morgan fingerprint density at radius 3 is 2.70 bits per heavy atom. The van der Waals surface area contributed by atoms with E-state index in [0.29, 0.717) is 10.6 Å². The molecule has 0 amide bonds. The van der Waals surface area contributed by atoms with Crippen molar-refractivity contribution in [1.29, 1.82) is 5.26 Å². The van der Waals surface area contributed by atoms with Gasteiger partial charge in [-0.25, -0.2) is 0 Å². The number of anilines is 1. The van der Waals surface area contributed by atoms with E-state index in [2.05, 4.69) is 10.8 Å². The number of furan rings is 1. The molecule has 0 aliphatic carbocycles. The van der Waals surface area contributed by atoms with Crippen LogP contribution in [0, 0.1) is 11.3 Å². The van der Waals surface area contributed by atoms with Gasteiger partial charge in [-0.15, -0.1) is 0 Å². The van der Waals surface area contributed by atoms with Gasteiger partial charge in [0.05, 0.1) is 16.5 Å². The number of nitrogens with zero attached hydrogens (tertiary/aromatic N) is 1. The summed E-state index contributed by atoms with van der Waals surface area (Å²) in [4.78, 5) is 0.987. The summed E-state index contributed by atoms with van der Waals surface area (Å²) in [6.45, 7) is 0. The van der Waals surface area contributed by atoms with Crippen LogP contribution in [0.3, 0.4) is 0 Å². The maximum Gasteiger partial charge on any atom is 0.136 e. The van der Waals surface area contributed by atoms with Crippen molar-refractivity contribution in [3.05, 3.63) is 59.3 Å². The topological polar surface area (TPSA) is 49.0 Å². The van der Waals surface area contributed by atoms with Gasteiger partial charge in [0, 0.05) is 22.2 Å². The molecule has 0 saturated carbocycles. The summed E-state index contributed by atoms with van der Waals surface area (Å²) in [5.41, 5.74) is 2.34. The van der Waals surface area contributed by atoms with Crippen molar-refractivity contribution in [2.45, 2.75) is 4.90 Å². The summed E-state index contributed by atoms with van der Waals surface area (Å²) in [6.07, 6.45) is 1.70. The standard InChI is InChI=1S/C15H9ClN2OS/c16-11-3-6-13-14(7-11)19-9-15(13)20-18-12-4-1-10(8-17)2-5-12/h1-7,9,18H. The van der Waals surface area contributed by atoms with Gasteiger partial charge in [-0.05, 0) is 48.3 Å². The quantitative estimate of drug-likeness (QED) is 0.685. The van der Waals surface area contributed by atoms with Crippen molar-refractivity contribution in [2.75, 3.05) is 4.72 Å². The molecule has 20 heavy (non-hydrogen) atoms. The molecule has 1 heterocycles. The lowest BCUT2D eigenvalue weighted by Crippen LogP contribution is -1.86. The smallest absolute Gasteiger partial charge is 0.136 e. The molecule has 0 unspecified atom stereocenters. The first kappa shape index (κ1) is 12.9. The minimum atomic E-state index is 0.643. The highest BCUT2D eigenvalue weighted by Gasteiger charge is 2.07. The Morgan fingerprint density at radius 2 is 1.95 bits per heavy atom. The molecule has 98 valence electrons. The number of benzene rings is 2. The first-order valence-electron chi connectivity index (χ1n) is 5.86. The number of nitrogens with one attached hydrogen (secondary N) is 1. The molecule has 0 fully saturated rings. The van der Waals surface area contributed by atoms with E-state index >= 15 is 0 Å². The Morgan fingerprint density at radius 1 is 1.15 bits per heavy atom. The second kappa shape index (κ2) is 5.49. The fourth-order valence-electron chi connectivity index (χ4n) is 1.78. The maximum absolute atomic E-state index is 8.75. The number of hydrogen-bond donors (Lipinski definition) is 1. The van der Waals surface area contributed by atoms with Crippen molar-refractivity contribution in [1.82, 2.24) is 0 Å². The molecule has 3 nitrogen and oxygen atoms in total. The highest BCUT2D eigenvalue weighted by atomic mass is 35.5. The van der Waals surface area contributed by atoms with Crippen LogP contribution in [0.5, 0.6) is 0 Å². The minimum absolute atomic E-state index is 0.643. The lowest BCUT2D eigenvalue weighted by atomic mass is 10.2. The highest BCUT2D eigenvalue weighted by Crippen LogP contribution is 2.32. The van der Waals surface area contributed by atoms with Crippen LogP contribution in [0.2, 0.25) is 5.02 Å². The van der Waals surface area contributed by atoms with Crippen LogP contribution < -0.4 is 4.72 Å². The van der Waals surface area contributed by atoms with Crippen molar-refractivity contribution in [3.63, 3.8) is 0 Å². The molecular formula is C15H9ClN2OS. The zero-order valence-corrected chi connectivity index (χ0v) is 11.8. The Hall–Kier alpha value is -2.09. The van der Waals surface area contributed by atoms with Gasteiger partial charge >= 0.3 is 0 Å². The van der Waals surface area contributed by atoms with E-state index in [0.717, 1.165) is 21.6 Å². The second-order valence-corrected chi connectivity index (χ2v) is 5.42. The van der Waals surface area contributed by atoms with Gasteiger partial charge < -0.3 is 9.14 Å². The van der Waals surface area contributed by atoms with E-state index < -0.39 is 0 Å². The fraction of sp³-hybridized carbons (Fsp3) is 0. The van der Waals surface area contributed by atoms with Crippen LogP contribution in [0.15, 0.2) is 58.0 Å². The molecule has 1 N–H and O–H groups in total. The Bertz CT molecular complexity index is 790. The minimum Gasteiger partial charge on any atom is -0.463 e. The predicted octanol–water partition coefficient (Wildman–Crippen LogP) is 5.08. The largest absolute Gasteiger partial charge is 0.463 e. The number of hydrogen-bond acceptors (Lipinski definition) is 4. The summed E-state index contributed by atoms with van der Waals surface area (Å²) < 4.78 is 8.69. The van der Waals surface area contributed by atoms with Gasteiger partial charge in [0.25, 0.3) is 0 Å². The molecule has 0 saturated heterocycles. The molecular weight excluding hydrogens is 292 g/mol. The van der Waals surface area contributed by atoms with Crippen LogP contribution in [-0.4, -0.2) is 0 Å². The van der Waals surface area contributed by atoms with Crippen molar-refractivity contribution >= 4 is 40.2 Å². The number of rotatable bonds is 3. The third kappa shape index (κ3) is 2.60. The summed E-state index contributed by atoms with van der Waals surface area (Å²) in [6, 6.07) is 14.9. The average molecular weight is 301 g/mol. The van der Waals surface area contributed by atoms with Crippen molar-refractivity contribution < 1.29 is 4.42 Å². The first-order valence-corrected chi connectivity index (χ1v) is 7.05. The normalized spacial score (nSPS) is 10.4. The van der Waals surface area contributed by atoms with Gasteiger partial charge in [0.1, 0.15) is 11.8 Å². The summed E-state index contributed by atoms with van der Waals surface area (Å²) in [5, 5.41) is 10.4. The monoisotopic (exact) mass is 300 g/mol. The van der Waals surface area contributed by atoms with E-state index in [1.54, 1.807) is 24.5 Å². The number of halogens is 1. The van der Waals surface area contributed by atoms with Gasteiger partial charge in [0.2, 0.25) is 0 Å². The van der Waals surface area contributed by atoms with Crippen LogP contribution in [0.25, 0.3) is 11.0 Å². The van der Waals surface area contributed by atoms with E-state index in [1.165, 1.54) is 11.9 Å². The lowest BCUT2D eigenvalue weighted by Gasteiger charge is -2.03. The SMILES string of the molecule is N#Cc1ccc(NSc2coc3cc(Cl)ccc23)cc1. The summed E-state index contributed by atoms with van der Waals surface area (Å²) >= 11 is 7.38. The molecule has 0 atom stereocenters. The first-order chi connectivity index (χ1) is 9.76. The Kier molecular flexibility index (Phi) is 3.55. The third-order valence-electron chi connectivity index (χ3n) is 2.79. The molecule has 1 aromatic heterocycles. The highest BCUT2D eigenvalue weighted by molar-refractivity contribution is 8.00. The lowest BCUT2D eigenvalue weighted by molar-refractivity contribution is 0.608. The van der Waals surface area contributed by atoms with Gasteiger partial charge in [-0.3, -0.25) is 0 Å². The molecule has 0 bridgehead atoms. The van der Waals surface area contributed by atoms with Gasteiger partial charge in [0.15, 0.2) is 0 Å². The van der Waals surface area contributed by atoms with E-state index in [4.69, 9.17) is 21.3 Å². The predicted molar refractivity (Wildman–Crippen MR) is 81.9 cm³/mol. The molecule has 0 aliphatic rings. The zero-order chi connectivity index (χ0) is 13.9. The molecule has 0 aliphatic heterocycles. The third-order valence-corrected chi connectivity index (χ3v) is 3.90. The van der Waals surface area contributed by atoms with Crippen LogP contribution in [0.1, 0.15) is 5.56 Å². The van der Waals surface area contributed by atoms with Crippen LogP contribution in [0.4, 0.5) is 5.69 Å². The second-order valence-electron chi connectivity index (χ2n) is 4.13. The van der Waals surface area contributed by atoms with E-state index in [1.807, 2.05) is 24.3 Å². The molecule has 0 spiro atoms. The van der Waals surface area contributed by atoms with Crippen molar-refractivity contribution in [2.24, 2.45) is 0 Å². The Labute approximate surface area is 125 Å². The fourth-order valence-corrected chi connectivity index (χ4v) is 2.68. The molecule has 5 heteroatoms. The van der Waals surface area contributed by atoms with Gasteiger partial charge in [-0.2, -0.15) is 5.26 Å². The Balaban J connectivity index is 1.78. The van der Waals surface area contributed by atoms with Crippen molar-refractivity contribution in [3.8, 4) is 6.07 Å². The average Bonchev–Trinajstić information content (AvgIpc) is 2.88. The van der Waals surface area contributed by atoms with E-state index in [9.17, 15) is 0 Å². The molecule has 2 aromatic carbocycles. The number of fused-ring (bicyclic) bond motifs is 1. The van der Waals surface area contributed by atoms with E-state index in [-0.39, 0.29) is 0 Å². The summed E-state index contributed by atoms with van der Waals surface area (Å²) in [5.74, 6) is 0. The van der Waals surface area contributed by atoms with Gasteiger partial charge in [-0.1, -0.05) is 11.6 Å². The maximum atomic E-state index is 8.75. The molecule has 3 aromatic rings. The van der Waals surface area contributed by atoms with Crippen LogP contribution >= 0.6 is 23.5 Å². The molecule has 3 rings (SSSR count). The number of nitriles is 1.